The molecule has 1 aromatic rings. The van der Waals surface area contributed by atoms with Crippen molar-refractivity contribution in [3.63, 3.8) is 0 Å². The van der Waals surface area contributed by atoms with Crippen molar-refractivity contribution in [2.45, 2.75) is 18.6 Å². The summed E-state index contributed by atoms with van der Waals surface area (Å²) in [5.41, 5.74) is -0.726. The Morgan fingerprint density at radius 2 is 1.55 bits per heavy atom. The summed E-state index contributed by atoms with van der Waals surface area (Å²) in [4.78, 5) is 1.36. The van der Waals surface area contributed by atoms with E-state index in [-0.39, 0.29) is 25.5 Å². The highest BCUT2D eigenvalue weighted by atomic mass is 35.5. The molecule has 1 fully saturated rings. The fourth-order valence-electron chi connectivity index (χ4n) is 2.50. The first-order valence-corrected chi connectivity index (χ1v) is 6.44. The van der Waals surface area contributed by atoms with Gasteiger partial charge in [-0.2, -0.15) is 13.2 Å². The summed E-state index contributed by atoms with van der Waals surface area (Å²) in [6, 6.07) is -0.679. The van der Waals surface area contributed by atoms with Crippen LogP contribution in [0.4, 0.5) is 26.3 Å². The van der Waals surface area contributed by atoms with Crippen LogP contribution in [0.3, 0.4) is 0 Å². The predicted molar refractivity (Wildman–Crippen MR) is 71.4 cm³/mol. The van der Waals surface area contributed by atoms with Crippen LogP contribution in [0, 0.1) is 17.5 Å². The van der Waals surface area contributed by atoms with Crippen LogP contribution >= 0.6 is 12.4 Å². The van der Waals surface area contributed by atoms with Gasteiger partial charge in [-0.15, -0.1) is 12.4 Å². The van der Waals surface area contributed by atoms with Crippen molar-refractivity contribution >= 4 is 12.4 Å². The van der Waals surface area contributed by atoms with Crippen LogP contribution in [-0.4, -0.2) is 37.3 Å². The number of rotatable bonds is 3. The third kappa shape index (κ3) is 4.76. The summed E-state index contributed by atoms with van der Waals surface area (Å²) in [5, 5.41) is 2.95. The highest BCUT2D eigenvalue weighted by Crippen LogP contribution is 2.36. The van der Waals surface area contributed by atoms with E-state index in [1.807, 2.05) is 0 Å². The van der Waals surface area contributed by atoms with Crippen molar-refractivity contribution in [2.24, 2.45) is 0 Å². The van der Waals surface area contributed by atoms with E-state index in [4.69, 9.17) is 0 Å². The zero-order valence-electron chi connectivity index (χ0n) is 11.4. The zero-order valence-corrected chi connectivity index (χ0v) is 12.2. The van der Waals surface area contributed by atoms with Gasteiger partial charge >= 0.3 is 6.18 Å². The van der Waals surface area contributed by atoms with Gasteiger partial charge in [-0.3, -0.25) is 4.90 Å². The lowest BCUT2D eigenvalue weighted by Crippen LogP contribution is -2.46. The molecule has 1 heterocycles. The number of hydrogen-bond acceptors (Lipinski definition) is 2. The van der Waals surface area contributed by atoms with Gasteiger partial charge in [0.05, 0.1) is 6.42 Å². The van der Waals surface area contributed by atoms with E-state index in [0.29, 0.717) is 25.2 Å². The molecule has 9 heteroatoms. The standard InChI is InChI=1S/C13H14F6N2.ClH/c14-8-5-9(15)12(10(16)6-8)11(7-13(17,18)19)21-3-1-20-2-4-21;/h5-6,11,20H,1-4,7H2;1H/t11-;/m1./s1. The maximum atomic E-state index is 13.8. The first-order valence-electron chi connectivity index (χ1n) is 6.44. The van der Waals surface area contributed by atoms with Gasteiger partial charge in [0, 0.05) is 49.9 Å². The van der Waals surface area contributed by atoms with Crippen molar-refractivity contribution in [1.82, 2.24) is 10.2 Å². The maximum Gasteiger partial charge on any atom is 0.390 e. The van der Waals surface area contributed by atoms with E-state index in [1.165, 1.54) is 4.90 Å². The summed E-state index contributed by atoms with van der Waals surface area (Å²) in [6.45, 7) is 1.32. The minimum atomic E-state index is -4.58. The number of nitrogens with zero attached hydrogens (tertiary/aromatic N) is 1. The van der Waals surface area contributed by atoms with Gasteiger partial charge in [-0.05, 0) is 0 Å². The number of halogens is 7. The van der Waals surface area contributed by atoms with Crippen LogP contribution in [0.15, 0.2) is 12.1 Å². The number of piperazine rings is 1. The van der Waals surface area contributed by atoms with E-state index < -0.39 is 41.7 Å². The molecule has 1 saturated heterocycles. The minimum absolute atomic E-state index is 0. The monoisotopic (exact) mass is 348 g/mol. The average Bonchev–Trinajstić information content (AvgIpc) is 2.36. The van der Waals surface area contributed by atoms with Gasteiger partial charge in [0.2, 0.25) is 0 Å². The third-order valence-corrected chi connectivity index (χ3v) is 3.39. The molecule has 1 aliphatic heterocycles. The summed E-state index contributed by atoms with van der Waals surface area (Å²) in [6.07, 6.45) is -5.96. The lowest BCUT2D eigenvalue weighted by atomic mass is 9.99. The topological polar surface area (TPSA) is 15.3 Å². The molecule has 0 amide bonds. The highest BCUT2D eigenvalue weighted by molar-refractivity contribution is 5.85. The fourth-order valence-corrected chi connectivity index (χ4v) is 2.50. The molecule has 0 spiro atoms. The first kappa shape index (κ1) is 19.1. The van der Waals surface area contributed by atoms with Crippen LogP contribution < -0.4 is 5.32 Å². The molecule has 1 aromatic carbocycles. The van der Waals surface area contributed by atoms with Gasteiger partial charge < -0.3 is 5.32 Å². The highest BCUT2D eigenvalue weighted by Gasteiger charge is 2.38. The molecule has 0 bridgehead atoms. The lowest BCUT2D eigenvalue weighted by molar-refractivity contribution is -0.149. The molecule has 1 atom stereocenters. The Morgan fingerprint density at radius 1 is 1.05 bits per heavy atom. The lowest BCUT2D eigenvalue weighted by Gasteiger charge is -2.35. The molecule has 22 heavy (non-hydrogen) atoms. The van der Waals surface area contributed by atoms with Gasteiger partial charge in [0.25, 0.3) is 0 Å². The Kier molecular flexibility index (Phi) is 6.51. The Labute approximate surface area is 129 Å². The Hall–Kier alpha value is -0.990. The SMILES string of the molecule is Cl.Fc1cc(F)c([C@@H](CC(F)(F)F)N2CCNCC2)c(F)c1. The Balaban J connectivity index is 0.00000242. The molecule has 0 saturated carbocycles. The van der Waals surface area contributed by atoms with E-state index in [2.05, 4.69) is 5.32 Å². The smallest absolute Gasteiger partial charge is 0.314 e. The molecule has 0 aromatic heterocycles. The summed E-state index contributed by atoms with van der Waals surface area (Å²) in [7, 11) is 0. The van der Waals surface area contributed by atoms with E-state index >= 15 is 0 Å². The quantitative estimate of drug-likeness (QED) is 0.842. The summed E-state index contributed by atoms with van der Waals surface area (Å²) in [5.74, 6) is -3.74. The van der Waals surface area contributed by atoms with E-state index in [9.17, 15) is 26.3 Å². The maximum absolute atomic E-state index is 13.8. The molecule has 0 aliphatic carbocycles. The van der Waals surface area contributed by atoms with Crippen molar-refractivity contribution in [1.29, 1.82) is 0 Å². The van der Waals surface area contributed by atoms with Gasteiger partial charge in [-0.1, -0.05) is 0 Å². The molecule has 126 valence electrons. The Morgan fingerprint density at radius 3 is 2.00 bits per heavy atom. The van der Waals surface area contributed by atoms with Crippen molar-refractivity contribution in [3.8, 4) is 0 Å². The molecule has 1 N–H and O–H groups in total. The predicted octanol–water partition coefficient (Wildman–Crippen LogP) is 3.42. The largest absolute Gasteiger partial charge is 0.390 e. The zero-order chi connectivity index (χ0) is 15.6. The second kappa shape index (κ2) is 7.52. The molecule has 1 aliphatic rings. The van der Waals surface area contributed by atoms with E-state index in [0.717, 1.165) is 0 Å². The second-order valence-corrected chi connectivity index (χ2v) is 4.90. The summed E-state index contributed by atoms with van der Waals surface area (Å²) >= 11 is 0. The van der Waals surface area contributed by atoms with Crippen molar-refractivity contribution < 1.29 is 26.3 Å². The van der Waals surface area contributed by atoms with Crippen LogP contribution in [-0.2, 0) is 0 Å². The molecule has 2 rings (SSSR count). The van der Waals surface area contributed by atoms with Gasteiger partial charge in [0.1, 0.15) is 17.5 Å². The third-order valence-electron chi connectivity index (χ3n) is 3.39. The van der Waals surface area contributed by atoms with Gasteiger partial charge in [-0.25, -0.2) is 13.2 Å². The molecular weight excluding hydrogens is 334 g/mol. The average molecular weight is 349 g/mol. The number of alkyl halides is 3. The molecule has 0 unspecified atom stereocenters. The number of benzene rings is 1. The van der Waals surface area contributed by atoms with Crippen molar-refractivity contribution in [2.75, 3.05) is 26.2 Å². The van der Waals surface area contributed by atoms with Crippen LogP contribution in [0.5, 0.6) is 0 Å². The van der Waals surface area contributed by atoms with Crippen LogP contribution in [0.1, 0.15) is 18.0 Å². The van der Waals surface area contributed by atoms with Crippen LogP contribution in [0.25, 0.3) is 0 Å². The number of hydrogen-bond donors (Lipinski definition) is 1. The Bertz CT molecular complexity index is 479. The van der Waals surface area contributed by atoms with Crippen molar-refractivity contribution in [3.05, 3.63) is 35.1 Å². The van der Waals surface area contributed by atoms with Crippen LogP contribution in [0.2, 0.25) is 0 Å². The fraction of sp³-hybridized carbons (Fsp3) is 0.538. The summed E-state index contributed by atoms with van der Waals surface area (Å²) < 4.78 is 78.7. The second-order valence-electron chi connectivity index (χ2n) is 4.90. The minimum Gasteiger partial charge on any atom is -0.314 e. The number of nitrogens with one attached hydrogen (secondary N) is 1. The normalized spacial score (nSPS) is 17.9. The molecule has 2 nitrogen and oxygen atoms in total. The van der Waals surface area contributed by atoms with E-state index in [1.54, 1.807) is 0 Å². The molecule has 0 radical (unpaired) electrons. The van der Waals surface area contributed by atoms with Gasteiger partial charge in [0.15, 0.2) is 0 Å². The first-order chi connectivity index (χ1) is 9.78. The molecular formula is C13H15ClF6N2.